The normalized spacial score (nSPS) is 0. The Morgan fingerprint density at radius 3 is 1.00 bits per heavy atom. The summed E-state index contributed by atoms with van der Waals surface area (Å²) in [4.78, 5) is 0. The Bertz CT molecular complexity index is 19.7. The summed E-state index contributed by atoms with van der Waals surface area (Å²) >= 11 is 0. The molecule has 0 fully saturated rings. The molecule has 49 valence electrons. The van der Waals surface area contributed by atoms with Gasteiger partial charge in [-0.3, -0.25) is 0 Å². The van der Waals surface area contributed by atoms with Crippen LogP contribution in [0.1, 0.15) is 0 Å². The maximum atomic E-state index is 0. The molecule has 0 unspecified atom stereocenters. The predicted molar refractivity (Wildman–Crippen MR) is 9.94 cm³/mol. The second-order valence-electron chi connectivity index (χ2n) is 0. The first-order chi connectivity index (χ1) is 0. The third-order valence-electron chi connectivity index (χ3n) is 0. The average Bonchev–Trinajstić information content (AvgIpc) is 0. The van der Waals surface area contributed by atoms with E-state index in [9.17, 15) is 0 Å². The fourth-order valence-electron chi connectivity index (χ4n) is 0. The minimum absolute atomic E-state index is 0. The number of hydrogen-bond donors (Lipinski definition) is 0. The van der Waals surface area contributed by atoms with Gasteiger partial charge < -0.3 is 0 Å². The van der Waals surface area contributed by atoms with Crippen LogP contribution in [0.15, 0.2) is 0 Å². The SMILES string of the molecule is [Ag].[Cu].[GaH3].[Ni].[Ti].[V].[Zn]. The van der Waals surface area contributed by atoms with Crippen molar-refractivity contribution in [1.82, 2.24) is 0 Å². The maximum Gasteiger partial charge on any atom is 0 e. The van der Waals surface area contributed by atoms with Crippen LogP contribution in [0.4, 0.5) is 0 Å². The Morgan fingerprint density at radius 2 is 1.00 bits per heavy atom. The van der Waals surface area contributed by atoms with Gasteiger partial charge in [0.2, 0.25) is 0 Å². The molecule has 7 heteroatoms. The molecule has 0 rings (SSSR count). The Kier molecular flexibility index (Phi) is 445. The van der Waals surface area contributed by atoms with Crippen molar-refractivity contribution >= 4 is 19.8 Å². The fourth-order valence-corrected chi connectivity index (χ4v) is 0. The second kappa shape index (κ2) is 48.1. The van der Waals surface area contributed by atoms with E-state index >= 15 is 0 Å². The second-order valence-corrected chi connectivity index (χ2v) is 0. The van der Waals surface area contributed by atoms with E-state index in [1.165, 1.54) is 0 Å². The number of rotatable bonds is 0. The van der Waals surface area contributed by atoms with Gasteiger partial charge in [0.15, 0.2) is 0 Å². The molecule has 0 saturated heterocycles. The van der Waals surface area contributed by atoms with Crippen molar-refractivity contribution in [2.45, 2.75) is 0 Å². The molecule has 3 radical (unpaired) electrons. The molecule has 0 aromatic carbocycles. The van der Waals surface area contributed by atoms with E-state index in [0.29, 0.717) is 0 Å². The summed E-state index contributed by atoms with van der Waals surface area (Å²) in [7, 11) is 0. The largest absolute Gasteiger partial charge is 0 e. The van der Waals surface area contributed by atoms with E-state index < -0.39 is 0 Å². The van der Waals surface area contributed by atoms with Gasteiger partial charge >= 0.3 is 19.8 Å². The van der Waals surface area contributed by atoms with Crippen molar-refractivity contribution in [3.63, 3.8) is 0 Å². The zero-order valence-corrected chi connectivity index (χ0v) is 11.9. The van der Waals surface area contributed by atoms with Crippen LogP contribution in [0, 0.1) is 0 Å². The van der Waals surface area contributed by atoms with Crippen LogP contribution in [0.25, 0.3) is 0 Å². The Morgan fingerprint density at radius 1 is 1.00 bits per heavy atom. The van der Waals surface area contributed by atoms with Gasteiger partial charge in [-0.05, 0) is 0 Å². The molecular weight excluding hydrogens is 464 g/mol. The molecule has 0 saturated carbocycles. The quantitative estimate of drug-likeness (QED) is 0.394. The van der Waals surface area contributed by atoms with Crippen LogP contribution in [0.2, 0.25) is 0 Å². The summed E-state index contributed by atoms with van der Waals surface area (Å²) in [5.74, 6) is 0. The molecule has 0 aliphatic heterocycles. The zero-order valence-electron chi connectivity index (χ0n) is 2.57. The van der Waals surface area contributed by atoms with E-state index in [0.717, 1.165) is 0 Å². The molecule has 7 heavy (non-hydrogen) atoms. The van der Waals surface area contributed by atoms with Gasteiger partial charge in [-0.1, -0.05) is 0 Å². The van der Waals surface area contributed by atoms with E-state index in [-0.39, 0.29) is 135 Å². The first-order valence-electron chi connectivity index (χ1n) is 0. The summed E-state index contributed by atoms with van der Waals surface area (Å²) in [5.41, 5.74) is 0. The molecule has 0 bridgehead atoms. The van der Waals surface area contributed by atoms with E-state index in [1.807, 2.05) is 0 Å². The standard InChI is InChI=1S/Ag.Cu.Ga.Ni.Ti.V.Zn.3H. The Balaban J connectivity index is 0. The minimum atomic E-state index is 0. The molecule has 0 aliphatic carbocycles. The van der Waals surface area contributed by atoms with Crippen molar-refractivity contribution in [2.75, 3.05) is 0 Å². The van der Waals surface area contributed by atoms with Gasteiger partial charge in [-0.15, -0.1) is 0 Å². The smallest absolute Gasteiger partial charge is 0 e. The summed E-state index contributed by atoms with van der Waals surface area (Å²) in [6, 6.07) is 0. The van der Waals surface area contributed by atoms with Crippen molar-refractivity contribution in [3.8, 4) is 0 Å². The summed E-state index contributed by atoms with van der Waals surface area (Å²) in [6.45, 7) is 0. The molecule has 0 aliphatic rings. The van der Waals surface area contributed by atoms with Gasteiger partial charge in [0, 0.05) is 116 Å². The van der Waals surface area contributed by atoms with Crippen LogP contribution < -0.4 is 0 Å². The van der Waals surface area contributed by atoms with E-state index in [2.05, 4.69) is 0 Å². The molecule has 0 aromatic heterocycles. The molecule has 0 aromatic rings. The van der Waals surface area contributed by atoms with E-state index in [1.54, 1.807) is 0 Å². The third-order valence-corrected chi connectivity index (χ3v) is 0. The first kappa shape index (κ1) is 64.7. The van der Waals surface area contributed by atoms with Crippen molar-refractivity contribution in [2.24, 2.45) is 0 Å². The number of hydrogen-bond acceptors (Lipinski definition) is 0. The molecule has 0 nitrogen and oxygen atoms in total. The predicted octanol–water partition coefficient (Wildman–Crippen LogP) is -1.20. The molecule has 0 atom stereocenters. The zero-order chi connectivity index (χ0) is 0. The molecule has 0 N–H and O–H groups in total. The van der Waals surface area contributed by atoms with Crippen molar-refractivity contribution < 1.29 is 116 Å². The van der Waals surface area contributed by atoms with Crippen LogP contribution in [0.5, 0.6) is 0 Å². The third kappa shape index (κ3) is 38.3. The topological polar surface area (TPSA) is 0 Å². The first-order valence-corrected chi connectivity index (χ1v) is 0. The van der Waals surface area contributed by atoms with Gasteiger partial charge in [0.05, 0.1) is 0 Å². The van der Waals surface area contributed by atoms with Crippen LogP contribution in [-0.2, 0) is 116 Å². The van der Waals surface area contributed by atoms with Gasteiger partial charge in [-0.2, -0.15) is 0 Å². The minimum Gasteiger partial charge on any atom is 0 e. The summed E-state index contributed by atoms with van der Waals surface area (Å²) in [6.07, 6.45) is 0. The fraction of sp³-hybridized carbons (Fsp3) is 0. The van der Waals surface area contributed by atoms with E-state index in [4.69, 9.17) is 0 Å². The summed E-state index contributed by atoms with van der Waals surface area (Å²) < 4.78 is 0. The monoisotopic (exact) mass is 463 g/mol. The van der Waals surface area contributed by atoms with Gasteiger partial charge in [0.1, 0.15) is 0 Å². The van der Waals surface area contributed by atoms with Gasteiger partial charge in [-0.25, -0.2) is 0 Å². The van der Waals surface area contributed by atoms with Crippen molar-refractivity contribution in [1.29, 1.82) is 0 Å². The van der Waals surface area contributed by atoms with Gasteiger partial charge in [0.25, 0.3) is 0 Å². The Hall–Kier alpha value is 4.31. The average molecular weight is 467 g/mol. The molecule has 0 heterocycles. The van der Waals surface area contributed by atoms with Crippen molar-refractivity contribution in [3.05, 3.63) is 0 Å². The van der Waals surface area contributed by atoms with Crippen LogP contribution >= 0.6 is 0 Å². The molecule has 0 spiro atoms. The molecular formula is H3AgCuGaNiTiVZn. The van der Waals surface area contributed by atoms with Crippen LogP contribution in [0.3, 0.4) is 0 Å². The Labute approximate surface area is 133 Å². The summed E-state index contributed by atoms with van der Waals surface area (Å²) in [5, 5.41) is 0. The van der Waals surface area contributed by atoms with Crippen LogP contribution in [-0.4, -0.2) is 19.8 Å². The molecule has 0 amide bonds. The maximum absolute atomic E-state index is 0.